The average Bonchev–Trinajstić information content (AvgIpc) is 2.61. The third kappa shape index (κ3) is 3.29. The molecule has 140 valence electrons. The van der Waals surface area contributed by atoms with Crippen molar-refractivity contribution >= 4 is 27.4 Å². The highest BCUT2D eigenvalue weighted by molar-refractivity contribution is 7.89. The summed E-state index contributed by atoms with van der Waals surface area (Å²) in [4.78, 5) is 28.1. The van der Waals surface area contributed by atoms with Crippen LogP contribution in [0.4, 0.5) is 5.82 Å². The van der Waals surface area contributed by atoms with Crippen molar-refractivity contribution in [1.82, 2.24) is 13.9 Å². The smallest absolute Gasteiger partial charge is 0.329 e. The zero-order chi connectivity index (χ0) is 19.1. The van der Waals surface area contributed by atoms with E-state index in [0.29, 0.717) is 29.5 Å². The average molecular weight is 399 g/mol. The van der Waals surface area contributed by atoms with Crippen molar-refractivity contribution in [3.05, 3.63) is 55.7 Å². The van der Waals surface area contributed by atoms with Crippen molar-refractivity contribution in [2.75, 3.05) is 31.1 Å². The second kappa shape index (κ2) is 6.90. The lowest BCUT2D eigenvalue weighted by atomic mass is 10.2. The molecule has 0 bridgehead atoms. The zero-order valence-corrected chi connectivity index (χ0v) is 16.0. The normalized spacial score (nSPS) is 16.0. The summed E-state index contributed by atoms with van der Waals surface area (Å²) in [6, 6.07) is 6.15. The third-order valence-electron chi connectivity index (χ3n) is 4.55. The van der Waals surface area contributed by atoms with E-state index in [0.717, 1.165) is 4.57 Å². The van der Waals surface area contributed by atoms with E-state index in [4.69, 9.17) is 11.6 Å². The maximum absolute atomic E-state index is 12.9. The molecule has 3 rings (SSSR count). The van der Waals surface area contributed by atoms with E-state index in [-0.39, 0.29) is 18.0 Å². The lowest BCUT2D eigenvalue weighted by Crippen LogP contribution is -2.50. The van der Waals surface area contributed by atoms with Crippen LogP contribution in [0.3, 0.4) is 0 Å². The molecule has 1 N–H and O–H groups in total. The van der Waals surface area contributed by atoms with Gasteiger partial charge in [-0.1, -0.05) is 17.7 Å². The predicted octanol–water partition coefficient (Wildman–Crippen LogP) is 0.546. The quantitative estimate of drug-likeness (QED) is 0.814. The summed E-state index contributed by atoms with van der Waals surface area (Å²) in [5, 5.41) is 0.405. The Morgan fingerprint density at radius 2 is 1.77 bits per heavy atom. The highest BCUT2D eigenvalue weighted by Gasteiger charge is 2.30. The van der Waals surface area contributed by atoms with Crippen molar-refractivity contribution < 1.29 is 8.42 Å². The van der Waals surface area contributed by atoms with E-state index in [1.54, 1.807) is 30.0 Å². The second-order valence-corrected chi connectivity index (χ2v) is 8.42. The summed E-state index contributed by atoms with van der Waals surface area (Å²) >= 11 is 6.05. The summed E-state index contributed by atoms with van der Waals surface area (Å²) in [5.41, 5.74) is -0.391. The number of H-pyrrole nitrogens is 1. The van der Waals surface area contributed by atoms with Gasteiger partial charge in [0.2, 0.25) is 10.0 Å². The van der Waals surface area contributed by atoms with Gasteiger partial charge in [-0.25, -0.2) is 13.2 Å². The molecule has 0 saturated carbocycles. The van der Waals surface area contributed by atoms with E-state index in [2.05, 4.69) is 4.98 Å². The fourth-order valence-corrected chi connectivity index (χ4v) is 4.79. The Kier molecular flexibility index (Phi) is 4.96. The number of aromatic nitrogens is 2. The van der Waals surface area contributed by atoms with Gasteiger partial charge in [-0.3, -0.25) is 14.3 Å². The lowest BCUT2D eigenvalue weighted by molar-refractivity contribution is 0.383. The van der Waals surface area contributed by atoms with Gasteiger partial charge in [0.1, 0.15) is 5.82 Å². The van der Waals surface area contributed by atoms with Crippen LogP contribution in [-0.2, 0) is 17.1 Å². The number of piperazine rings is 1. The van der Waals surface area contributed by atoms with Crippen LogP contribution in [0.1, 0.15) is 5.56 Å². The molecule has 2 aromatic rings. The molecule has 8 nitrogen and oxygen atoms in total. The number of rotatable bonds is 3. The minimum Gasteiger partial charge on any atom is -0.355 e. The molecule has 0 aliphatic carbocycles. The molecule has 1 aromatic carbocycles. The Morgan fingerprint density at radius 1 is 1.12 bits per heavy atom. The van der Waals surface area contributed by atoms with E-state index < -0.39 is 21.3 Å². The first-order valence-corrected chi connectivity index (χ1v) is 9.84. The molecule has 2 heterocycles. The molecule has 0 atom stereocenters. The number of sulfonamides is 1. The van der Waals surface area contributed by atoms with Crippen LogP contribution in [0.2, 0.25) is 5.02 Å². The van der Waals surface area contributed by atoms with E-state index >= 15 is 0 Å². The largest absolute Gasteiger partial charge is 0.355 e. The molecule has 1 aliphatic rings. The summed E-state index contributed by atoms with van der Waals surface area (Å²) < 4.78 is 28.2. The van der Waals surface area contributed by atoms with Crippen LogP contribution in [0.25, 0.3) is 0 Å². The fraction of sp³-hybridized carbons (Fsp3) is 0.375. The minimum atomic E-state index is -3.66. The summed E-state index contributed by atoms with van der Waals surface area (Å²) in [6.45, 7) is 2.89. The van der Waals surface area contributed by atoms with Gasteiger partial charge in [-0.15, -0.1) is 0 Å². The molecule has 0 radical (unpaired) electrons. The highest BCUT2D eigenvalue weighted by Crippen LogP contribution is 2.26. The molecule has 10 heteroatoms. The van der Waals surface area contributed by atoms with Gasteiger partial charge in [-0.05, 0) is 24.6 Å². The molecule has 0 spiro atoms. The SMILES string of the molecule is Cc1c(Cl)cccc1S(=O)(=O)N1CCN(c2cc(=O)n(C)c(=O)[nH]2)CC1. The number of anilines is 1. The van der Waals surface area contributed by atoms with Crippen molar-refractivity contribution in [2.45, 2.75) is 11.8 Å². The maximum atomic E-state index is 12.9. The van der Waals surface area contributed by atoms with Crippen molar-refractivity contribution in [3.63, 3.8) is 0 Å². The molecule has 0 unspecified atom stereocenters. The van der Waals surface area contributed by atoms with Crippen LogP contribution in [-0.4, -0.2) is 48.5 Å². The number of nitrogens with one attached hydrogen (secondary N) is 1. The molecular weight excluding hydrogens is 380 g/mol. The first kappa shape index (κ1) is 18.7. The van der Waals surface area contributed by atoms with Crippen LogP contribution >= 0.6 is 11.6 Å². The molecule has 1 aromatic heterocycles. The van der Waals surface area contributed by atoms with Crippen LogP contribution in [0, 0.1) is 6.92 Å². The van der Waals surface area contributed by atoms with Gasteiger partial charge in [0.25, 0.3) is 5.56 Å². The minimum absolute atomic E-state index is 0.195. The van der Waals surface area contributed by atoms with Gasteiger partial charge < -0.3 is 4.90 Å². The highest BCUT2D eigenvalue weighted by atomic mass is 35.5. The number of aromatic amines is 1. The topological polar surface area (TPSA) is 95.5 Å². The first-order chi connectivity index (χ1) is 12.2. The number of nitrogens with zero attached hydrogens (tertiary/aromatic N) is 3. The van der Waals surface area contributed by atoms with Gasteiger partial charge in [0, 0.05) is 44.3 Å². The second-order valence-electron chi connectivity index (χ2n) is 6.11. The van der Waals surface area contributed by atoms with Crippen LogP contribution < -0.4 is 16.1 Å². The Balaban J connectivity index is 1.81. The Labute approximate surface area is 155 Å². The van der Waals surface area contributed by atoms with E-state index in [9.17, 15) is 18.0 Å². The lowest BCUT2D eigenvalue weighted by Gasteiger charge is -2.35. The molecule has 1 saturated heterocycles. The molecule has 1 aliphatic heterocycles. The van der Waals surface area contributed by atoms with Crippen LogP contribution in [0.5, 0.6) is 0 Å². The molecule has 0 amide bonds. The van der Waals surface area contributed by atoms with Gasteiger partial charge in [0.15, 0.2) is 0 Å². The first-order valence-electron chi connectivity index (χ1n) is 8.02. The molecular formula is C16H19ClN4O4S. The number of hydrogen-bond donors (Lipinski definition) is 1. The Morgan fingerprint density at radius 3 is 2.38 bits per heavy atom. The summed E-state index contributed by atoms with van der Waals surface area (Å²) in [5.74, 6) is 0.397. The van der Waals surface area contributed by atoms with Crippen LogP contribution in [0.15, 0.2) is 38.8 Å². The Bertz CT molecular complexity index is 1020. The fourth-order valence-electron chi connectivity index (χ4n) is 2.89. The number of hydrogen-bond acceptors (Lipinski definition) is 5. The van der Waals surface area contributed by atoms with Crippen molar-refractivity contribution in [1.29, 1.82) is 0 Å². The van der Waals surface area contributed by atoms with Gasteiger partial charge in [-0.2, -0.15) is 4.31 Å². The number of benzene rings is 1. The zero-order valence-electron chi connectivity index (χ0n) is 14.4. The molecule has 26 heavy (non-hydrogen) atoms. The van der Waals surface area contributed by atoms with E-state index in [1.807, 2.05) is 0 Å². The Hall–Kier alpha value is -2.10. The predicted molar refractivity (Wildman–Crippen MR) is 99.5 cm³/mol. The third-order valence-corrected chi connectivity index (χ3v) is 7.00. The maximum Gasteiger partial charge on any atom is 0.329 e. The molecule has 1 fully saturated rings. The van der Waals surface area contributed by atoms with Gasteiger partial charge >= 0.3 is 5.69 Å². The summed E-state index contributed by atoms with van der Waals surface area (Å²) in [7, 11) is -2.27. The standard InChI is InChI=1S/C16H19ClN4O4S/c1-11-12(17)4-3-5-13(11)26(24,25)21-8-6-20(7-9-21)14-10-15(22)19(2)16(23)18-14/h3-5,10H,6-9H2,1-2H3,(H,18,23). The van der Waals surface area contributed by atoms with E-state index in [1.165, 1.54) is 17.4 Å². The van der Waals surface area contributed by atoms with Crippen molar-refractivity contribution in [3.8, 4) is 0 Å². The van der Waals surface area contributed by atoms with Crippen molar-refractivity contribution in [2.24, 2.45) is 7.05 Å². The monoisotopic (exact) mass is 398 g/mol. The number of halogens is 1. The van der Waals surface area contributed by atoms with Gasteiger partial charge in [0.05, 0.1) is 4.90 Å². The summed E-state index contributed by atoms with van der Waals surface area (Å²) in [6.07, 6.45) is 0.